The van der Waals surface area contributed by atoms with Crippen molar-refractivity contribution in [3.05, 3.63) is 18.0 Å². The highest BCUT2D eigenvalue weighted by Gasteiger charge is 2.30. The van der Waals surface area contributed by atoms with Gasteiger partial charge in [-0.15, -0.1) is 0 Å². The van der Waals surface area contributed by atoms with Crippen LogP contribution in [0.25, 0.3) is 0 Å². The summed E-state index contributed by atoms with van der Waals surface area (Å²) < 4.78 is 7.47. The minimum absolute atomic E-state index is 0.0471. The van der Waals surface area contributed by atoms with Crippen LogP contribution in [0, 0.1) is 11.8 Å². The van der Waals surface area contributed by atoms with E-state index in [1.54, 1.807) is 17.1 Å². The Morgan fingerprint density at radius 2 is 2.42 bits per heavy atom. The van der Waals surface area contributed by atoms with Crippen molar-refractivity contribution in [1.82, 2.24) is 15.1 Å². The third-order valence-electron chi connectivity index (χ3n) is 3.66. The maximum Gasteiger partial charge on any atom is 0.254 e. The highest BCUT2D eigenvalue weighted by molar-refractivity contribution is 5.93. The van der Waals surface area contributed by atoms with Crippen LogP contribution in [-0.4, -0.2) is 34.9 Å². The summed E-state index contributed by atoms with van der Waals surface area (Å²) in [6.07, 6.45) is 4.68. The van der Waals surface area contributed by atoms with Crippen LogP contribution >= 0.6 is 0 Å². The average Bonchev–Trinajstić information content (AvgIpc) is 3.04. The Morgan fingerprint density at radius 3 is 3.05 bits per heavy atom. The van der Waals surface area contributed by atoms with Gasteiger partial charge in [0.25, 0.3) is 5.91 Å². The Hall–Kier alpha value is -1.36. The average molecular weight is 265 g/mol. The summed E-state index contributed by atoms with van der Waals surface area (Å²) in [4.78, 5) is 12.0. The molecule has 1 saturated heterocycles. The third kappa shape index (κ3) is 3.35. The van der Waals surface area contributed by atoms with E-state index in [0.717, 1.165) is 19.6 Å². The van der Waals surface area contributed by atoms with Gasteiger partial charge in [-0.25, -0.2) is 0 Å². The molecule has 5 heteroatoms. The number of amides is 1. The summed E-state index contributed by atoms with van der Waals surface area (Å²) >= 11 is 0. The van der Waals surface area contributed by atoms with Crippen molar-refractivity contribution in [3.8, 4) is 0 Å². The number of carbonyl (C=O) groups is 1. The summed E-state index contributed by atoms with van der Waals surface area (Å²) in [5.74, 6) is 0.867. The lowest BCUT2D eigenvalue weighted by Gasteiger charge is -2.22. The molecule has 0 aliphatic carbocycles. The first-order valence-corrected chi connectivity index (χ1v) is 7.04. The molecule has 0 aromatic carbocycles. The minimum atomic E-state index is -0.0471. The van der Waals surface area contributed by atoms with Crippen LogP contribution in [0.4, 0.5) is 0 Å². The van der Waals surface area contributed by atoms with Gasteiger partial charge in [-0.3, -0.25) is 9.48 Å². The van der Waals surface area contributed by atoms with E-state index in [4.69, 9.17) is 4.74 Å². The lowest BCUT2D eigenvalue weighted by molar-refractivity contribution is 0.0533. The molecule has 1 aliphatic heterocycles. The molecule has 1 amide bonds. The number of hydrogen-bond acceptors (Lipinski definition) is 3. The van der Waals surface area contributed by atoms with Crippen LogP contribution in [0.1, 0.15) is 37.6 Å². The Labute approximate surface area is 114 Å². The van der Waals surface area contributed by atoms with E-state index in [1.807, 2.05) is 6.92 Å². The molecule has 1 aliphatic rings. The van der Waals surface area contributed by atoms with Gasteiger partial charge < -0.3 is 10.1 Å². The molecular formula is C14H23N3O2. The number of nitrogens with zero attached hydrogens (tertiary/aromatic N) is 2. The van der Waals surface area contributed by atoms with E-state index in [0.29, 0.717) is 23.9 Å². The maximum atomic E-state index is 12.0. The molecule has 19 heavy (non-hydrogen) atoms. The van der Waals surface area contributed by atoms with Crippen LogP contribution in [-0.2, 0) is 11.3 Å². The number of nitrogens with one attached hydrogen (secondary N) is 1. The monoisotopic (exact) mass is 265 g/mol. The zero-order valence-corrected chi connectivity index (χ0v) is 11.9. The Morgan fingerprint density at radius 1 is 1.63 bits per heavy atom. The highest BCUT2D eigenvalue weighted by Crippen LogP contribution is 2.26. The standard InChI is InChI=1S/C14H23N3O2/c1-4-17-9-12(8-16-17)14(18)15-7-11-5-6-19-13(11)10(2)3/h8-11,13H,4-7H2,1-3H3,(H,15,18)/t11-,13-/m1/s1. The molecule has 0 bridgehead atoms. The van der Waals surface area contributed by atoms with Crippen LogP contribution in [0.5, 0.6) is 0 Å². The molecule has 5 nitrogen and oxygen atoms in total. The predicted octanol–water partition coefficient (Wildman–Crippen LogP) is 1.69. The highest BCUT2D eigenvalue weighted by atomic mass is 16.5. The van der Waals surface area contributed by atoms with Gasteiger partial charge in [0.15, 0.2) is 0 Å². The van der Waals surface area contributed by atoms with Gasteiger partial charge in [-0.2, -0.15) is 5.10 Å². The second kappa shape index (κ2) is 6.19. The first-order valence-electron chi connectivity index (χ1n) is 7.04. The van der Waals surface area contributed by atoms with Gasteiger partial charge in [-0.1, -0.05) is 13.8 Å². The molecule has 0 saturated carbocycles. The van der Waals surface area contributed by atoms with Gasteiger partial charge in [0.2, 0.25) is 0 Å². The van der Waals surface area contributed by atoms with E-state index < -0.39 is 0 Å². The van der Waals surface area contributed by atoms with Crippen molar-refractivity contribution >= 4 is 5.91 Å². The molecule has 1 aromatic heterocycles. The number of ether oxygens (including phenoxy) is 1. The van der Waals surface area contributed by atoms with Crippen molar-refractivity contribution in [2.75, 3.05) is 13.2 Å². The van der Waals surface area contributed by atoms with Crippen LogP contribution in [0.2, 0.25) is 0 Å². The van der Waals surface area contributed by atoms with Crippen molar-refractivity contribution < 1.29 is 9.53 Å². The molecule has 2 atom stereocenters. The summed E-state index contributed by atoms with van der Waals surface area (Å²) in [6, 6.07) is 0. The Bertz CT molecular complexity index is 428. The first kappa shape index (κ1) is 14.1. The number of rotatable bonds is 5. The molecular weight excluding hydrogens is 242 g/mol. The SMILES string of the molecule is CCn1cc(C(=O)NC[C@H]2CCO[C@@H]2C(C)C)cn1. The van der Waals surface area contributed by atoms with Crippen LogP contribution < -0.4 is 5.32 Å². The van der Waals surface area contributed by atoms with Gasteiger partial charge in [-0.05, 0) is 19.3 Å². The van der Waals surface area contributed by atoms with Crippen molar-refractivity contribution in [2.45, 2.75) is 39.8 Å². The molecule has 0 radical (unpaired) electrons. The van der Waals surface area contributed by atoms with E-state index in [2.05, 4.69) is 24.3 Å². The topological polar surface area (TPSA) is 56.2 Å². The van der Waals surface area contributed by atoms with Crippen molar-refractivity contribution in [3.63, 3.8) is 0 Å². The molecule has 0 spiro atoms. The minimum Gasteiger partial charge on any atom is -0.378 e. The van der Waals surface area contributed by atoms with Crippen molar-refractivity contribution in [2.24, 2.45) is 11.8 Å². The van der Waals surface area contributed by atoms with E-state index >= 15 is 0 Å². The van der Waals surface area contributed by atoms with Gasteiger partial charge in [0, 0.05) is 31.8 Å². The van der Waals surface area contributed by atoms with Crippen LogP contribution in [0.15, 0.2) is 12.4 Å². The van der Waals surface area contributed by atoms with E-state index in [-0.39, 0.29) is 12.0 Å². The molecule has 2 rings (SSSR count). The molecule has 0 unspecified atom stereocenters. The number of aromatic nitrogens is 2. The summed E-state index contributed by atoms with van der Waals surface area (Å²) in [5.41, 5.74) is 0.627. The van der Waals surface area contributed by atoms with Gasteiger partial charge in [0.05, 0.1) is 17.9 Å². The van der Waals surface area contributed by atoms with Gasteiger partial charge in [0.1, 0.15) is 0 Å². The summed E-state index contributed by atoms with van der Waals surface area (Å²) in [6.45, 7) is 8.58. The Balaban J connectivity index is 1.86. The molecule has 1 N–H and O–H groups in total. The molecule has 1 fully saturated rings. The fraction of sp³-hybridized carbons (Fsp3) is 0.714. The summed E-state index contributed by atoms with van der Waals surface area (Å²) in [5, 5.41) is 7.10. The largest absolute Gasteiger partial charge is 0.378 e. The Kier molecular flexibility index (Phi) is 4.58. The lowest BCUT2D eigenvalue weighted by atomic mass is 9.93. The molecule has 2 heterocycles. The number of carbonyl (C=O) groups excluding carboxylic acids is 1. The third-order valence-corrected chi connectivity index (χ3v) is 3.66. The second-order valence-electron chi connectivity index (χ2n) is 5.42. The fourth-order valence-electron chi connectivity index (χ4n) is 2.59. The zero-order chi connectivity index (χ0) is 13.8. The zero-order valence-electron chi connectivity index (χ0n) is 11.9. The number of aryl methyl sites for hydroxylation is 1. The molecule has 106 valence electrons. The van der Waals surface area contributed by atoms with E-state index in [1.165, 1.54) is 0 Å². The van der Waals surface area contributed by atoms with Crippen molar-refractivity contribution in [1.29, 1.82) is 0 Å². The lowest BCUT2D eigenvalue weighted by Crippen LogP contribution is -2.34. The van der Waals surface area contributed by atoms with Gasteiger partial charge >= 0.3 is 0 Å². The second-order valence-corrected chi connectivity index (χ2v) is 5.42. The normalized spacial score (nSPS) is 22.9. The fourth-order valence-corrected chi connectivity index (χ4v) is 2.59. The number of hydrogen-bond donors (Lipinski definition) is 1. The first-order chi connectivity index (χ1) is 9.11. The predicted molar refractivity (Wildman–Crippen MR) is 72.9 cm³/mol. The smallest absolute Gasteiger partial charge is 0.254 e. The van der Waals surface area contributed by atoms with E-state index in [9.17, 15) is 4.79 Å². The summed E-state index contributed by atoms with van der Waals surface area (Å²) in [7, 11) is 0. The molecule has 1 aromatic rings. The quantitative estimate of drug-likeness (QED) is 0.881. The maximum absolute atomic E-state index is 12.0. The van der Waals surface area contributed by atoms with Crippen LogP contribution in [0.3, 0.4) is 0 Å².